The van der Waals surface area contributed by atoms with E-state index in [1.807, 2.05) is 0 Å². The molecule has 0 fully saturated rings. The molecule has 1 aromatic rings. The van der Waals surface area contributed by atoms with Crippen LogP contribution in [0, 0.1) is 10.1 Å². The van der Waals surface area contributed by atoms with Crippen LogP contribution >= 0.6 is 11.6 Å². The van der Waals surface area contributed by atoms with Gasteiger partial charge in [0.05, 0.1) is 22.4 Å². The Hall–Kier alpha value is -2.35. The van der Waals surface area contributed by atoms with Crippen molar-refractivity contribution in [3.8, 4) is 0 Å². The van der Waals surface area contributed by atoms with Gasteiger partial charge in [-0.2, -0.15) is 0 Å². The highest BCUT2D eigenvalue weighted by Gasteiger charge is 2.25. The first-order valence-corrected chi connectivity index (χ1v) is 8.08. The van der Waals surface area contributed by atoms with Crippen molar-refractivity contribution in [2.45, 2.75) is 45.4 Å². The zero-order valence-corrected chi connectivity index (χ0v) is 15.2. The lowest BCUT2D eigenvalue weighted by atomic mass is 10.2. The quantitative estimate of drug-likeness (QED) is 0.355. The number of nitro benzene ring substituents is 1. The molecule has 0 aliphatic heterocycles. The maximum atomic E-state index is 12.1. The number of nitrogens with zero attached hydrogens (tertiary/aromatic N) is 1. The fourth-order valence-corrected chi connectivity index (χ4v) is 2.11. The number of nitro groups is 1. The third-order valence-corrected chi connectivity index (χ3v) is 3.33. The van der Waals surface area contributed by atoms with E-state index in [2.05, 4.69) is 5.32 Å². The Morgan fingerprint density at radius 3 is 2.28 bits per heavy atom. The lowest BCUT2D eigenvalue weighted by molar-refractivity contribution is -0.384. The van der Waals surface area contributed by atoms with Crippen LogP contribution in [0.5, 0.6) is 0 Å². The van der Waals surface area contributed by atoms with Gasteiger partial charge in [-0.25, -0.2) is 9.59 Å². The number of nitrogens with one attached hydrogen (secondary N) is 1. The molecule has 1 rings (SSSR count). The van der Waals surface area contributed by atoms with E-state index in [1.54, 1.807) is 27.7 Å². The fourth-order valence-electron chi connectivity index (χ4n) is 1.78. The molecule has 0 radical (unpaired) electrons. The van der Waals surface area contributed by atoms with Gasteiger partial charge < -0.3 is 14.8 Å². The fraction of sp³-hybridized carbons (Fsp3) is 0.500. The van der Waals surface area contributed by atoms with Crippen LogP contribution in [0.25, 0.3) is 0 Å². The maximum Gasteiger partial charge on any atom is 0.407 e. The van der Waals surface area contributed by atoms with Crippen molar-refractivity contribution in [3.05, 3.63) is 39.9 Å². The standard InChI is InChI=1S/C16H21ClN2O6/c1-10(18-15(21)25-16(2,3)4)13(9-17)24-14(20)11-5-7-12(8-6-11)19(22)23/h5-8,10,13H,9H2,1-4H3,(H,18,21). The molecule has 25 heavy (non-hydrogen) atoms. The van der Waals surface area contributed by atoms with E-state index in [-0.39, 0.29) is 17.1 Å². The number of amides is 1. The zero-order chi connectivity index (χ0) is 19.2. The summed E-state index contributed by atoms with van der Waals surface area (Å²) in [7, 11) is 0. The van der Waals surface area contributed by atoms with Gasteiger partial charge in [0.25, 0.3) is 5.69 Å². The number of alkyl carbamates (subject to hydrolysis) is 1. The molecule has 0 bridgehead atoms. The number of halogens is 1. The number of ether oxygens (including phenoxy) is 2. The summed E-state index contributed by atoms with van der Waals surface area (Å²) in [4.78, 5) is 33.9. The summed E-state index contributed by atoms with van der Waals surface area (Å²) >= 11 is 5.82. The Morgan fingerprint density at radius 2 is 1.84 bits per heavy atom. The van der Waals surface area contributed by atoms with Crippen LogP contribution in [-0.4, -0.2) is 40.6 Å². The van der Waals surface area contributed by atoms with Crippen molar-refractivity contribution in [1.82, 2.24) is 5.32 Å². The number of hydrogen-bond acceptors (Lipinski definition) is 6. The van der Waals surface area contributed by atoms with Crippen LogP contribution in [0.3, 0.4) is 0 Å². The second kappa shape index (κ2) is 8.66. The minimum absolute atomic E-state index is 0.0459. The van der Waals surface area contributed by atoms with Gasteiger partial charge in [0.15, 0.2) is 0 Å². The largest absolute Gasteiger partial charge is 0.455 e. The van der Waals surface area contributed by atoms with Crippen LogP contribution < -0.4 is 5.32 Å². The minimum atomic E-state index is -0.795. The highest BCUT2D eigenvalue weighted by molar-refractivity contribution is 6.18. The molecule has 9 heteroatoms. The van der Waals surface area contributed by atoms with E-state index in [9.17, 15) is 19.7 Å². The summed E-state index contributed by atoms with van der Waals surface area (Å²) in [6.45, 7) is 6.81. The summed E-state index contributed by atoms with van der Waals surface area (Å²) < 4.78 is 10.4. The van der Waals surface area contributed by atoms with Crippen molar-refractivity contribution >= 4 is 29.4 Å². The lowest BCUT2D eigenvalue weighted by Crippen LogP contribution is -2.46. The molecule has 0 aliphatic carbocycles. The summed E-state index contributed by atoms with van der Waals surface area (Å²) in [6.07, 6.45) is -1.45. The summed E-state index contributed by atoms with van der Waals surface area (Å²) in [6, 6.07) is 4.40. The number of non-ortho nitro benzene ring substituents is 1. The zero-order valence-electron chi connectivity index (χ0n) is 14.4. The second-order valence-corrected chi connectivity index (χ2v) is 6.65. The summed E-state index contributed by atoms with van der Waals surface area (Å²) in [5.41, 5.74) is -0.647. The van der Waals surface area contributed by atoms with Gasteiger partial charge in [-0.1, -0.05) is 0 Å². The number of alkyl halides is 1. The summed E-state index contributed by atoms with van der Waals surface area (Å²) in [5.74, 6) is -0.742. The first kappa shape index (κ1) is 20.7. The molecule has 2 atom stereocenters. The van der Waals surface area contributed by atoms with Crippen LogP contribution in [0.1, 0.15) is 38.1 Å². The number of esters is 1. The van der Waals surface area contributed by atoms with Gasteiger partial charge in [0.1, 0.15) is 11.7 Å². The molecule has 2 unspecified atom stereocenters. The SMILES string of the molecule is CC(NC(=O)OC(C)(C)C)C(CCl)OC(=O)c1ccc([N+](=O)[O-])cc1. The number of carbonyl (C=O) groups excluding carboxylic acids is 2. The molecule has 1 N–H and O–H groups in total. The van der Waals surface area contributed by atoms with Crippen molar-refractivity contribution < 1.29 is 24.0 Å². The molecule has 1 aromatic carbocycles. The molecule has 0 saturated carbocycles. The molecule has 0 heterocycles. The van der Waals surface area contributed by atoms with Gasteiger partial charge in [0, 0.05) is 12.1 Å². The smallest absolute Gasteiger partial charge is 0.407 e. The van der Waals surface area contributed by atoms with Crippen molar-refractivity contribution in [2.24, 2.45) is 0 Å². The van der Waals surface area contributed by atoms with E-state index in [4.69, 9.17) is 21.1 Å². The second-order valence-electron chi connectivity index (χ2n) is 6.34. The normalized spacial score (nSPS) is 13.5. The van der Waals surface area contributed by atoms with Crippen LogP contribution in [0.2, 0.25) is 0 Å². The van der Waals surface area contributed by atoms with Gasteiger partial charge in [-0.3, -0.25) is 10.1 Å². The van der Waals surface area contributed by atoms with Crippen LogP contribution in [-0.2, 0) is 9.47 Å². The van der Waals surface area contributed by atoms with E-state index < -0.39 is 34.7 Å². The average Bonchev–Trinajstić information content (AvgIpc) is 2.50. The van der Waals surface area contributed by atoms with Crippen molar-refractivity contribution in [3.63, 3.8) is 0 Å². The predicted molar refractivity (Wildman–Crippen MR) is 91.9 cm³/mol. The average molecular weight is 373 g/mol. The van der Waals surface area contributed by atoms with Gasteiger partial charge in [-0.05, 0) is 39.8 Å². The number of carbonyl (C=O) groups is 2. The highest BCUT2D eigenvalue weighted by atomic mass is 35.5. The maximum absolute atomic E-state index is 12.1. The summed E-state index contributed by atoms with van der Waals surface area (Å²) in [5, 5.41) is 13.2. The molecular formula is C16H21ClN2O6. The Bertz CT molecular complexity index is 627. The molecule has 0 spiro atoms. The third-order valence-electron chi connectivity index (χ3n) is 3.03. The molecule has 0 aromatic heterocycles. The Morgan fingerprint density at radius 1 is 1.28 bits per heavy atom. The van der Waals surface area contributed by atoms with E-state index in [0.29, 0.717) is 0 Å². The lowest BCUT2D eigenvalue weighted by Gasteiger charge is -2.25. The predicted octanol–water partition coefficient (Wildman–Crippen LogP) is 3.27. The molecule has 1 amide bonds. The first-order valence-electron chi connectivity index (χ1n) is 7.54. The first-order chi connectivity index (χ1) is 11.5. The van der Waals surface area contributed by atoms with Gasteiger partial charge >= 0.3 is 12.1 Å². The Balaban J connectivity index is 2.68. The van der Waals surface area contributed by atoms with Crippen molar-refractivity contribution in [2.75, 3.05) is 5.88 Å². The number of benzene rings is 1. The third kappa shape index (κ3) is 6.96. The number of hydrogen-bond donors (Lipinski definition) is 1. The van der Waals surface area contributed by atoms with E-state index in [0.717, 1.165) is 0 Å². The molecule has 0 aliphatic rings. The number of rotatable bonds is 6. The van der Waals surface area contributed by atoms with Crippen LogP contribution in [0.4, 0.5) is 10.5 Å². The van der Waals surface area contributed by atoms with Gasteiger partial charge in [-0.15, -0.1) is 11.6 Å². The Kier molecular flexibility index (Phi) is 7.17. The molecule has 8 nitrogen and oxygen atoms in total. The van der Waals surface area contributed by atoms with E-state index >= 15 is 0 Å². The monoisotopic (exact) mass is 372 g/mol. The van der Waals surface area contributed by atoms with E-state index in [1.165, 1.54) is 24.3 Å². The molecular weight excluding hydrogens is 352 g/mol. The topological polar surface area (TPSA) is 108 Å². The van der Waals surface area contributed by atoms with Crippen molar-refractivity contribution in [1.29, 1.82) is 0 Å². The minimum Gasteiger partial charge on any atom is -0.455 e. The molecule has 138 valence electrons. The van der Waals surface area contributed by atoms with Gasteiger partial charge in [0.2, 0.25) is 0 Å². The molecule has 0 saturated heterocycles. The Labute approximate surface area is 150 Å². The highest BCUT2D eigenvalue weighted by Crippen LogP contribution is 2.15. The van der Waals surface area contributed by atoms with Crippen LogP contribution in [0.15, 0.2) is 24.3 Å².